The van der Waals surface area contributed by atoms with Crippen LogP contribution in [0.15, 0.2) is 31.4 Å². The van der Waals surface area contributed by atoms with Crippen LogP contribution in [0.4, 0.5) is 5.82 Å². The molecule has 2 aromatic heterocycles. The van der Waals surface area contributed by atoms with Gasteiger partial charge in [0, 0.05) is 11.6 Å². The van der Waals surface area contributed by atoms with Gasteiger partial charge in [-0.05, 0) is 12.1 Å². The maximum absolute atomic E-state index is 5.78. The fourth-order valence-electron chi connectivity index (χ4n) is 1.74. The largest absolute Gasteiger partial charge is 0.383 e. The molecular formula is C11H9N5. The van der Waals surface area contributed by atoms with Crippen LogP contribution >= 0.6 is 0 Å². The predicted octanol–water partition coefficient (Wildman–Crippen LogP) is 1.66. The Balaban J connectivity index is 2.50. The fraction of sp³-hybridized carbons (Fsp3) is 0. The molecule has 0 atom stereocenters. The summed E-state index contributed by atoms with van der Waals surface area (Å²) in [7, 11) is 0. The minimum Gasteiger partial charge on any atom is -0.383 e. The Morgan fingerprint density at radius 1 is 1.19 bits per heavy atom. The molecule has 0 spiro atoms. The number of nitrogens with zero attached hydrogens (tertiary/aromatic N) is 4. The lowest BCUT2D eigenvalue weighted by molar-refractivity contribution is 1.18. The van der Waals surface area contributed by atoms with Crippen LogP contribution in [0.3, 0.4) is 0 Å². The number of hydrogen-bond acceptors (Lipinski definition) is 4. The summed E-state index contributed by atoms with van der Waals surface area (Å²) in [5.41, 5.74) is 8.40. The van der Waals surface area contributed by atoms with Gasteiger partial charge in [0.2, 0.25) is 0 Å². The van der Waals surface area contributed by atoms with Gasteiger partial charge in [0.05, 0.1) is 22.9 Å². The van der Waals surface area contributed by atoms with Crippen molar-refractivity contribution in [1.82, 2.24) is 19.5 Å². The molecule has 78 valence electrons. The number of nitrogen functional groups attached to an aromatic ring is 1. The van der Waals surface area contributed by atoms with Gasteiger partial charge in [-0.1, -0.05) is 6.58 Å². The third-order valence-electron chi connectivity index (χ3n) is 2.56. The SMILES string of the molecule is C=Cn1cnc2cc3c(N)ncnc3cc21. The smallest absolute Gasteiger partial charge is 0.134 e. The lowest BCUT2D eigenvalue weighted by atomic mass is 10.2. The van der Waals surface area contributed by atoms with Crippen LogP contribution < -0.4 is 5.73 Å². The molecule has 0 radical (unpaired) electrons. The summed E-state index contributed by atoms with van der Waals surface area (Å²) >= 11 is 0. The van der Waals surface area contributed by atoms with Crippen LogP contribution in [-0.2, 0) is 0 Å². The summed E-state index contributed by atoms with van der Waals surface area (Å²) < 4.78 is 1.84. The highest BCUT2D eigenvalue weighted by molar-refractivity contribution is 5.98. The second-order valence-electron chi connectivity index (χ2n) is 3.45. The Bertz CT molecular complexity index is 698. The second kappa shape index (κ2) is 3.03. The molecule has 3 aromatic rings. The average Bonchev–Trinajstić information content (AvgIpc) is 2.69. The molecule has 0 aliphatic rings. The van der Waals surface area contributed by atoms with Crippen molar-refractivity contribution < 1.29 is 0 Å². The molecule has 2 heterocycles. The minimum absolute atomic E-state index is 0.472. The van der Waals surface area contributed by atoms with Gasteiger partial charge in [-0.25, -0.2) is 15.0 Å². The molecule has 3 rings (SSSR count). The molecular weight excluding hydrogens is 202 g/mol. The third-order valence-corrected chi connectivity index (χ3v) is 2.56. The summed E-state index contributed by atoms with van der Waals surface area (Å²) in [5, 5.41) is 0.823. The van der Waals surface area contributed by atoms with Gasteiger partial charge in [0.1, 0.15) is 12.1 Å². The topological polar surface area (TPSA) is 69.6 Å². The van der Waals surface area contributed by atoms with Crippen molar-refractivity contribution in [3.05, 3.63) is 31.4 Å². The van der Waals surface area contributed by atoms with Gasteiger partial charge < -0.3 is 10.3 Å². The number of rotatable bonds is 1. The summed E-state index contributed by atoms with van der Waals surface area (Å²) in [4.78, 5) is 12.4. The van der Waals surface area contributed by atoms with Crippen molar-refractivity contribution in [2.24, 2.45) is 0 Å². The zero-order valence-electron chi connectivity index (χ0n) is 8.46. The molecule has 0 amide bonds. The molecule has 2 N–H and O–H groups in total. The van der Waals surface area contributed by atoms with Crippen LogP contribution in [0.1, 0.15) is 0 Å². The number of fused-ring (bicyclic) bond motifs is 2. The van der Waals surface area contributed by atoms with Gasteiger partial charge in [-0.2, -0.15) is 0 Å². The molecule has 0 fully saturated rings. The molecule has 5 heteroatoms. The van der Waals surface area contributed by atoms with Crippen molar-refractivity contribution in [3.63, 3.8) is 0 Å². The minimum atomic E-state index is 0.472. The van der Waals surface area contributed by atoms with Gasteiger partial charge in [-0.15, -0.1) is 0 Å². The zero-order valence-corrected chi connectivity index (χ0v) is 8.46. The van der Waals surface area contributed by atoms with Crippen LogP contribution in [-0.4, -0.2) is 19.5 Å². The molecule has 1 aromatic carbocycles. The summed E-state index contributed by atoms with van der Waals surface area (Å²) in [6.07, 6.45) is 4.87. The van der Waals surface area contributed by atoms with E-state index in [1.807, 2.05) is 16.7 Å². The Morgan fingerprint density at radius 2 is 2.06 bits per heavy atom. The molecule has 0 saturated carbocycles. The second-order valence-corrected chi connectivity index (χ2v) is 3.45. The van der Waals surface area contributed by atoms with E-state index in [9.17, 15) is 0 Å². The highest BCUT2D eigenvalue weighted by atomic mass is 15.0. The molecule has 0 saturated heterocycles. The first-order valence-electron chi connectivity index (χ1n) is 4.79. The quantitative estimate of drug-likeness (QED) is 0.664. The Kier molecular flexibility index (Phi) is 1.67. The van der Waals surface area contributed by atoms with Gasteiger partial charge in [0.25, 0.3) is 0 Å². The van der Waals surface area contributed by atoms with Crippen LogP contribution in [0.5, 0.6) is 0 Å². The molecule has 0 aliphatic heterocycles. The van der Waals surface area contributed by atoms with Gasteiger partial charge >= 0.3 is 0 Å². The Labute approximate surface area is 91.3 Å². The van der Waals surface area contributed by atoms with E-state index in [1.54, 1.807) is 12.5 Å². The summed E-state index contributed by atoms with van der Waals surface area (Å²) in [6, 6.07) is 3.82. The van der Waals surface area contributed by atoms with E-state index in [-0.39, 0.29) is 0 Å². The van der Waals surface area contributed by atoms with E-state index in [0.29, 0.717) is 5.82 Å². The average molecular weight is 211 g/mol. The van der Waals surface area contributed by atoms with Crippen molar-refractivity contribution >= 4 is 34.0 Å². The highest BCUT2D eigenvalue weighted by Crippen LogP contribution is 2.23. The maximum Gasteiger partial charge on any atom is 0.134 e. The van der Waals surface area contributed by atoms with Gasteiger partial charge in [0.15, 0.2) is 0 Å². The number of anilines is 1. The predicted molar refractivity (Wildman–Crippen MR) is 63.6 cm³/mol. The Hall–Kier alpha value is -2.43. The monoisotopic (exact) mass is 211 g/mol. The summed E-state index contributed by atoms with van der Waals surface area (Å²) in [5.74, 6) is 0.472. The molecule has 0 unspecified atom stereocenters. The van der Waals surface area contributed by atoms with Gasteiger partial charge in [-0.3, -0.25) is 0 Å². The lowest BCUT2D eigenvalue weighted by Gasteiger charge is -2.01. The van der Waals surface area contributed by atoms with Crippen LogP contribution in [0, 0.1) is 0 Å². The van der Waals surface area contributed by atoms with E-state index in [1.165, 1.54) is 6.33 Å². The number of imidazole rings is 1. The van der Waals surface area contributed by atoms with E-state index < -0.39 is 0 Å². The number of aromatic nitrogens is 4. The summed E-state index contributed by atoms with van der Waals surface area (Å²) in [6.45, 7) is 3.72. The fourth-order valence-corrected chi connectivity index (χ4v) is 1.74. The number of nitrogens with two attached hydrogens (primary N) is 1. The van der Waals surface area contributed by atoms with Crippen molar-refractivity contribution in [1.29, 1.82) is 0 Å². The first-order valence-corrected chi connectivity index (χ1v) is 4.79. The number of benzene rings is 1. The highest BCUT2D eigenvalue weighted by Gasteiger charge is 2.06. The van der Waals surface area contributed by atoms with Crippen LogP contribution in [0.25, 0.3) is 28.1 Å². The lowest BCUT2D eigenvalue weighted by Crippen LogP contribution is -1.93. The van der Waals surface area contributed by atoms with E-state index in [2.05, 4.69) is 21.5 Å². The maximum atomic E-state index is 5.78. The van der Waals surface area contributed by atoms with Crippen molar-refractivity contribution in [2.75, 3.05) is 5.73 Å². The van der Waals surface area contributed by atoms with E-state index in [4.69, 9.17) is 5.73 Å². The van der Waals surface area contributed by atoms with Crippen molar-refractivity contribution in [2.45, 2.75) is 0 Å². The van der Waals surface area contributed by atoms with E-state index >= 15 is 0 Å². The zero-order chi connectivity index (χ0) is 11.1. The standard InChI is InChI=1S/C11H9N5/c1-2-16-6-15-9-3-7-8(4-10(9)16)13-5-14-11(7)12/h2-6H,1H2,(H2,12,13,14). The van der Waals surface area contributed by atoms with E-state index in [0.717, 1.165) is 21.9 Å². The van der Waals surface area contributed by atoms with Crippen LogP contribution in [0.2, 0.25) is 0 Å². The molecule has 0 bridgehead atoms. The van der Waals surface area contributed by atoms with Crippen molar-refractivity contribution in [3.8, 4) is 0 Å². The first kappa shape index (κ1) is 8.84. The molecule has 16 heavy (non-hydrogen) atoms. The number of hydrogen-bond donors (Lipinski definition) is 1. The third kappa shape index (κ3) is 1.08. The molecule has 5 nitrogen and oxygen atoms in total. The molecule has 0 aliphatic carbocycles. The Morgan fingerprint density at radius 3 is 2.88 bits per heavy atom. The first-order chi connectivity index (χ1) is 7.79. The normalized spacial score (nSPS) is 11.0.